The minimum Gasteiger partial charge on any atom is -0.464 e. The standard InChI is InChI=1S/C17H12ClNO2/c18-13-6-3-4-10-8-15(21-17(10)13)16(19)12-9-20-14-7-2-1-5-11(12)14/h1-9,16H,19H2. The SMILES string of the molecule is NC(c1cc2cccc(Cl)c2o1)c1coc2ccccc12. The van der Waals surface area contributed by atoms with E-state index in [0.717, 1.165) is 21.9 Å². The average Bonchev–Trinajstić information content (AvgIpc) is 3.11. The van der Waals surface area contributed by atoms with Crippen molar-refractivity contribution in [1.82, 2.24) is 0 Å². The number of hydrogen-bond acceptors (Lipinski definition) is 3. The zero-order valence-corrected chi connectivity index (χ0v) is 11.8. The summed E-state index contributed by atoms with van der Waals surface area (Å²) in [6.07, 6.45) is 1.68. The molecular weight excluding hydrogens is 286 g/mol. The van der Waals surface area contributed by atoms with Crippen LogP contribution in [0.15, 0.2) is 63.6 Å². The van der Waals surface area contributed by atoms with Crippen LogP contribution >= 0.6 is 11.6 Å². The van der Waals surface area contributed by atoms with Gasteiger partial charge in [-0.15, -0.1) is 0 Å². The second-order valence-electron chi connectivity index (χ2n) is 4.97. The van der Waals surface area contributed by atoms with Gasteiger partial charge in [0.25, 0.3) is 0 Å². The van der Waals surface area contributed by atoms with Gasteiger partial charge in [0.05, 0.1) is 17.3 Å². The lowest BCUT2D eigenvalue weighted by Gasteiger charge is -2.06. The normalized spacial score (nSPS) is 13.0. The van der Waals surface area contributed by atoms with E-state index >= 15 is 0 Å². The smallest absolute Gasteiger partial charge is 0.152 e. The Morgan fingerprint density at radius 1 is 1.05 bits per heavy atom. The Balaban J connectivity index is 1.86. The van der Waals surface area contributed by atoms with Crippen LogP contribution in [0.3, 0.4) is 0 Å². The van der Waals surface area contributed by atoms with Crippen LogP contribution in [-0.4, -0.2) is 0 Å². The molecule has 0 radical (unpaired) electrons. The highest BCUT2D eigenvalue weighted by Crippen LogP contribution is 2.33. The van der Waals surface area contributed by atoms with Gasteiger partial charge in [0.2, 0.25) is 0 Å². The number of nitrogens with two attached hydrogens (primary N) is 1. The van der Waals surface area contributed by atoms with Crippen LogP contribution in [0.1, 0.15) is 17.4 Å². The van der Waals surface area contributed by atoms with E-state index in [9.17, 15) is 0 Å². The Morgan fingerprint density at radius 2 is 1.90 bits per heavy atom. The first-order chi connectivity index (χ1) is 10.2. The van der Waals surface area contributed by atoms with Crippen LogP contribution in [0.4, 0.5) is 0 Å². The molecule has 4 aromatic rings. The molecule has 0 aliphatic rings. The maximum atomic E-state index is 6.34. The second kappa shape index (κ2) is 4.65. The van der Waals surface area contributed by atoms with Gasteiger partial charge in [-0.3, -0.25) is 0 Å². The molecule has 4 heteroatoms. The lowest BCUT2D eigenvalue weighted by atomic mass is 10.0. The lowest BCUT2D eigenvalue weighted by Crippen LogP contribution is -2.10. The molecule has 2 heterocycles. The molecule has 0 spiro atoms. The van der Waals surface area contributed by atoms with Gasteiger partial charge in [-0.05, 0) is 18.2 Å². The fourth-order valence-electron chi connectivity index (χ4n) is 2.59. The van der Waals surface area contributed by atoms with Gasteiger partial charge in [-0.1, -0.05) is 41.9 Å². The molecule has 0 aliphatic carbocycles. The number of fused-ring (bicyclic) bond motifs is 2. The fraction of sp³-hybridized carbons (Fsp3) is 0.0588. The number of para-hydroxylation sites is 2. The van der Waals surface area contributed by atoms with E-state index in [4.69, 9.17) is 26.2 Å². The molecule has 4 rings (SSSR count). The van der Waals surface area contributed by atoms with E-state index in [-0.39, 0.29) is 0 Å². The van der Waals surface area contributed by atoms with Crippen LogP contribution in [0.2, 0.25) is 5.02 Å². The number of benzene rings is 2. The predicted octanol–water partition coefficient (Wildman–Crippen LogP) is 4.88. The highest BCUT2D eigenvalue weighted by atomic mass is 35.5. The molecule has 3 nitrogen and oxygen atoms in total. The summed E-state index contributed by atoms with van der Waals surface area (Å²) in [7, 11) is 0. The van der Waals surface area contributed by atoms with Crippen molar-refractivity contribution >= 4 is 33.5 Å². The second-order valence-corrected chi connectivity index (χ2v) is 5.38. The van der Waals surface area contributed by atoms with E-state index in [1.165, 1.54) is 0 Å². The van der Waals surface area contributed by atoms with Crippen molar-refractivity contribution in [3.8, 4) is 0 Å². The molecule has 0 saturated heterocycles. The lowest BCUT2D eigenvalue weighted by molar-refractivity contribution is 0.521. The molecule has 2 N–H and O–H groups in total. The first-order valence-corrected chi connectivity index (χ1v) is 7.01. The third kappa shape index (κ3) is 1.94. The zero-order valence-electron chi connectivity index (χ0n) is 11.0. The fourth-order valence-corrected chi connectivity index (χ4v) is 2.81. The van der Waals surface area contributed by atoms with Crippen LogP contribution in [0, 0.1) is 0 Å². The molecule has 1 atom stereocenters. The predicted molar refractivity (Wildman–Crippen MR) is 83.5 cm³/mol. The van der Waals surface area contributed by atoms with Crippen molar-refractivity contribution < 1.29 is 8.83 Å². The van der Waals surface area contributed by atoms with Crippen molar-refractivity contribution in [2.45, 2.75) is 6.04 Å². The minimum absolute atomic E-state index is 0.392. The number of rotatable bonds is 2. The molecule has 0 bridgehead atoms. The van der Waals surface area contributed by atoms with Crippen molar-refractivity contribution in [1.29, 1.82) is 0 Å². The molecule has 0 fully saturated rings. The van der Waals surface area contributed by atoms with Crippen LogP contribution in [0.5, 0.6) is 0 Å². The van der Waals surface area contributed by atoms with Crippen molar-refractivity contribution in [2.75, 3.05) is 0 Å². The van der Waals surface area contributed by atoms with E-state index < -0.39 is 6.04 Å². The summed E-state index contributed by atoms with van der Waals surface area (Å²) in [5.41, 5.74) is 8.73. The highest BCUT2D eigenvalue weighted by molar-refractivity contribution is 6.34. The molecule has 2 aromatic heterocycles. The van der Waals surface area contributed by atoms with Gasteiger partial charge in [0.1, 0.15) is 11.3 Å². The molecular formula is C17H12ClNO2. The van der Waals surface area contributed by atoms with E-state index in [1.54, 1.807) is 12.3 Å². The summed E-state index contributed by atoms with van der Waals surface area (Å²) in [5.74, 6) is 0.671. The maximum absolute atomic E-state index is 6.34. The summed E-state index contributed by atoms with van der Waals surface area (Å²) >= 11 is 6.14. The maximum Gasteiger partial charge on any atom is 0.152 e. The van der Waals surface area contributed by atoms with Crippen LogP contribution in [-0.2, 0) is 0 Å². The summed E-state index contributed by atoms with van der Waals surface area (Å²) in [6.45, 7) is 0. The molecule has 0 saturated carbocycles. The topological polar surface area (TPSA) is 52.3 Å². The largest absolute Gasteiger partial charge is 0.464 e. The third-order valence-electron chi connectivity index (χ3n) is 3.67. The Hall–Kier alpha value is -2.23. The molecule has 104 valence electrons. The molecule has 0 aliphatic heterocycles. The minimum atomic E-state index is -0.392. The summed E-state index contributed by atoms with van der Waals surface area (Å²) in [6, 6.07) is 15.0. The summed E-state index contributed by atoms with van der Waals surface area (Å²) in [5, 5.41) is 2.53. The first kappa shape index (κ1) is 12.5. The Labute approximate surface area is 125 Å². The van der Waals surface area contributed by atoms with Crippen LogP contribution < -0.4 is 5.73 Å². The quantitative estimate of drug-likeness (QED) is 0.573. The van der Waals surface area contributed by atoms with Crippen molar-refractivity contribution in [3.05, 3.63) is 71.1 Å². The van der Waals surface area contributed by atoms with Gasteiger partial charge in [0.15, 0.2) is 5.58 Å². The number of furan rings is 2. The summed E-state index contributed by atoms with van der Waals surface area (Å²) < 4.78 is 11.4. The Kier molecular flexibility index (Phi) is 2.77. The van der Waals surface area contributed by atoms with Crippen molar-refractivity contribution in [3.63, 3.8) is 0 Å². The van der Waals surface area contributed by atoms with Crippen LogP contribution in [0.25, 0.3) is 21.9 Å². The van der Waals surface area contributed by atoms with Gasteiger partial charge in [-0.25, -0.2) is 0 Å². The molecule has 1 unspecified atom stereocenters. The van der Waals surface area contributed by atoms with E-state index in [0.29, 0.717) is 16.4 Å². The number of hydrogen-bond donors (Lipinski definition) is 1. The summed E-state index contributed by atoms with van der Waals surface area (Å²) in [4.78, 5) is 0. The molecule has 21 heavy (non-hydrogen) atoms. The third-order valence-corrected chi connectivity index (χ3v) is 3.97. The van der Waals surface area contributed by atoms with Crippen molar-refractivity contribution in [2.24, 2.45) is 5.73 Å². The van der Waals surface area contributed by atoms with Gasteiger partial charge >= 0.3 is 0 Å². The average molecular weight is 298 g/mol. The van der Waals surface area contributed by atoms with Gasteiger partial charge in [0, 0.05) is 16.3 Å². The zero-order chi connectivity index (χ0) is 14.4. The Morgan fingerprint density at radius 3 is 2.76 bits per heavy atom. The molecule has 0 amide bonds. The molecule has 2 aromatic carbocycles. The Bertz CT molecular complexity index is 938. The highest BCUT2D eigenvalue weighted by Gasteiger charge is 2.19. The monoisotopic (exact) mass is 297 g/mol. The van der Waals surface area contributed by atoms with E-state index in [1.807, 2.05) is 42.5 Å². The van der Waals surface area contributed by atoms with Gasteiger partial charge < -0.3 is 14.6 Å². The first-order valence-electron chi connectivity index (χ1n) is 6.64. The van der Waals surface area contributed by atoms with Gasteiger partial charge in [-0.2, -0.15) is 0 Å². The number of halogens is 1. The van der Waals surface area contributed by atoms with E-state index in [2.05, 4.69) is 0 Å².